The van der Waals surface area contributed by atoms with Crippen LogP contribution in [0, 0.1) is 5.92 Å². The highest BCUT2D eigenvalue weighted by atomic mass is 35.5. The van der Waals surface area contributed by atoms with Crippen LogP contribution < -0.4 is 15.4 Å². The van der Waals surface area contributed by atoms with Gasteiger partial charge in [0.05, 0.1) is 0 Å². The van der Waals surface area contributed by atoms with E-state index < -0.39 is 0 Å². The Morgan fingerprint density at radius 2 is 1.83 bits per heavy atom. The lowest BCUT2D eigenvalue weighted by Crippen LogP contribution is -2.28. The van der Waals surface area contributed by atoms with Gasteiger partial charge in [-0.3, -0.25) is 4.79 Å². The summed E-state index contributed by atoms with van der Waals surface area (Å²) < 4.78 is 5.77. The van der Waals surface area contributed by atoms with Gasteiger partial charge in [-0.1, -0.05) is 0 Å². The molecule has 0 atom stereocenters. The molecule has 23 heavy (non-hydrogen) atoms. The first-order valence-electron chi connectivity index (χ1n) is 8.22. The van der Waals surface area contributed by atoms with Gasteiger partial charge >= 0.3 is 0 Å². The van der Waals surface area contributed by atoms with E-state index in [-0.39, 0.29) is 23.9 Å². The molecule has 2 N–H and O–H groups in total. The van der Waals surface area contributed by atoms with E-state index >= 15 is 0 Å². The summed E-state index contributed by atoms with van der Waals surface area (Å²) in [6.45, 7) is 8.22. The van der Waals surface area contributed by atoms with Gasteiger partial charge in [0.25, 0.3) is 0 Å². The Kier molecular flexibility index (Phi) is 7.86. The van der Waals surface area contributed by atoms with Gasteiger partial charge in [-0.2, -0.15) is 0 Å². The van der Waals surface area contributed by atoms with Crippen LogP contribution in [0.2, 0.25) is 0 Å². The first-order chi connectivity index (χ1) is 10.4. The van der Waals surface area contributed by atoms with Crippen molar-refractivity contribution < 1.29 is 9.53 Å². The number of benzene rings is 1. The van der Waals surface area contributed by atoms with Gasteiger partial charge in [0.15, 0.2) is 0 Å². The molecule has 1 heterocycles. The molecule has 0 bridgehead atoms. The minimum atomic E-state index is -0.209. The third kappa shape index (κ3) is 7.71. The number of piperidine rings is 1. The van der Waals surface area contributed by atoms with Crippen molar-refractivity contribution in [1.29, 1.82) is 0 Å². The summed E-state index contributed by atoms with van der Waals surface area (Å²) >= 11 is 0. The van der Waals surface area contributed by atoms with E-state index in [4.69, 9.17) is 4.74 Å². The predicted molar refractivity (Wildman–Crippen MR) is 97.5 cm³/mol. The number of hydrogen-bond donors (Lipinski definition) is 2. The number of nitrogens with one attached hydrogen (secondary N) is 2. The zero-order valence-corrected chi connectivity index (χ0v) is 15.2. The minimum absolute atomic E-state index is 0. The number of hydrogen-bond acceptors (Lipinski definition) is 3. The molecule has 0 unspecified atom stereocenters. The fourth-order valence-corrected chi connectivity index (χ4v) is 2.69. The first-order valence-corrected chi connectivity index (χ1v) is 8.22. The van der Waals surface area contributed by atoms with Crippen LogP contribution in [0.15, 0.2) is 24.3 Å². The summed E-state index contributed by atoms with van der Waals surface area (Å²) in [7, 11) is 0. The average molecular weight is 341 g/mol. The molecule has 4 nitrogen and oxygen atoms in total. The summed E-state index contributed by atoms with van der Waals surface area (Å²) in [5.41, 5.74) is 0.621. The maximum Gasteiger partial charge on any atom is 0.224 e. The van der Waals surface area contributed by atoms with Crippen LogP contribution in [-0.2, 0) is 4.79 Å². The maximum atomic E-state index is 12.0. The zero-order valence-electron chi connectivity index (χ0n) is 14.4. The quantitative estimate of drug-likeness (QED) is 0.851. The molecular weight excluding hydrogens is 312 g/mol. The van der Waals surface area contributed by atoms with Crippen LogP contribution in [0.1, 0.15) is 46.5 Å². The molecule has 1 aromatic carbocycles. The fraction of sp³-hybridized carbons (Fsp3) is 0.611. The SMILES string of the molecule is CC(C)(C)Oc1ccc(NC(=O)CCC2CCNCC2)cc1.Cl. The summed E-state index contributed by atoms with van der Waals surface area (Å²) in [5, 5.41) is 6.31. The molecule has 0 spiro atoms. The number of rotatable bonds is 5. The van der Waals surface area contributed by atoms with E-state index in [1.54, 1.807) is 0 Å². The van der Waals surface area contributed by atoms with Gasteiger partial charge in [-0.05, 0) is 83.3 Å². The highest BCUT2D eigenvalue weighted by Gasteiger charge is 2.15. The number of amides is 1. The summed E-state index contributed by atoms with van der Waals surface area (Å²) in [5.74, 6) is 1.61. The first kappa shape index (κ1) is 19.8. The van der Waals surface area contributed by atoms with Gasteiger partial charge in [0.2, 0.25) is 5.91 Å². The van der Waals surface area contributed by atoms with Crippen LogP contribution in [0.3, 0.4) is 0 Å². The van der Waals surface area contributed by atoms with Crippen molar-refractivity contribution >= 4 is 24.0 Å². The Morgan fingerprint density at radius 3 is 2.39 bits per heavy atom. The van der Waals surface area contributed by atoms with E-state index in [1.807, 2.05) is 45.0 Å². The molecule has 130 valence electrons. The molecule has 1 fully saturated rings. The summed E-state index contributed by atoms with van der Waals surface area (Å²) in [6, 6.07) is 7.58. The summed E-state index contributed by atoms with van der Waals surface area (Å²) in [6.07, 6.45) is 3.96. The van der Waals surface area contributed by atoms with Crippen LogP contribution in [0.5, 0.6) is 5.75 Å². The lowest BCUT2D eigenvalue weighted by Gasteiger charge is -2.22. The van der Waals surface area contributed by atoms with Gasteiger partial charge < -0.3 is 15.4 Å². The van der Waals surface area contributed by atoms with Crippen molar-refractivity contribution in [3.8, 4) is 5.75 Å². The highest BCUT2D eigenvalue weighted by Crippen LogP contribution is 2.21. The molecule has 1 amide bonds. The molecule has 0 aliphatic carbocycles. The molecule has 1 aliphatic heterocycles. The van der Waals surface area contributed by atoms with Gasteiger partial charge in [-0.15, -0.1) is 12.4 Å². The third-order valence-corrected chi connectivity index (χ3v) is 3.80. The number of halogens is 1. The van der Waals surface area contributed by atoms with Crippen molar-refractivity contribution in [2.24, 2.45) is 5.92 Å². The Labute approximate surface area is 145 Å². The van der Waals surface area contributed by atoms with Crippen molar-refractivity contribution in [1.82, 2.24) is 5.32 Å². The normalized spacial score (nSPS) is 15.6. The number of carbonyl (C=O) groups is 1. The highest BCUT2D eigenvalue weighted by molar-refractivity contribution is 5.90. The second-order valence-corrected chi connectivity index (χ2v) is 7.02. The van der Waals surface area contributed by atoms with E-state index in [9.17, 15) is 4.79 Å². The molecule has 1 saturated heterocycles. The van der Waals surface area contributed by atoms with Crippen LogP contribution in [0.25, 0.3) is 0 Å². The van der Waals surface area contributed by atoms with Crippen LogP contribution >= 0.6 is 12.4 Å². The standard InChI is InChI=1S/C18H28N2O2.ClH/c1-18(2,3)22-16-7-5-15(6-8-16)20-17(21)9-4-14-10-12-19-13-11-14;/h5-8,14,19H,4,9-13H2,1-3H3,(H,20,21);1H. The van der Waals surface area contributed by atoms with Crippen LogP contribution in [0.4, 0.5) is 5.69 Å². The Hall–Kier alpha value is -1.26. The topological polar surface area (TPSA) is 50.4 Å². The summed E-state index contributed by atoms with van der Waals surface area (Å²) in [4.78, 5) is 12.0. The van der Waals surface area contributed by atoms with Crippen molar-refractivity contribution in [3.63, 3.8) is 0 Å². The van der Waals surface area contributed by atoms with E-state index in [1.165, 1.54) is 12.8 Å². The predicted octanol–water partition coefficient (Wildman–Crippen LogP) is 4.00. The average Bonchev–Trinajstić information content (AvgIpc) is 2.47. The van der Waals surface area contributed by atoms with Gasteiger partial charge in [-0.25, -0.2) is 0 Å². The van der Waals surface area contributed by atoms with E-state index in [0.717, 1.165) is 30.9 Å². The Bertz CT molecular complexity index is 477. The lowest BCUT2D eigenvalue weighted by molar-refractivity contribution is -0.116. The number of anilines is 1. The van der Waals surface area contributed by atoms with E-state index in [0.29, 0.717) is 12.3 Å². The fourth-order valence-electron chi connectivity index (χ4n) is 2.69. The van der Waals surface area contributed by atoms with Gasteiger partial charge in [0, 0.05) is 12.1 Å². The smallest absolute Gasteiger partial charge is 0.224 e. The molecule has 1 aliphatic rings. The molecule has 0 aromatic heterocycles. The second-order valence-electron chi connectivity index (χ2n) is 7.02. The zero-order chi connectivity index (χ0) is 16.0. The number of carbonyl (C=O) groups excluding carboxylic acids is 1. The third-order valence-electron chi connectivity index (χ3n) is 3.80. The molecule has 0 saturated carbocycles. The van der Waals surface area contributed by atoms with Gasteiger partial charge in [0.1, 0.15) is 11.4 Å². The second kappa shape index (κ2) is 9.14. The Balaban J connectivity index is 0.00000264. The lowest BCUT2D eigenvalue weighted by atomic mass is 9.93. The number of ether oxygens (including phenoxy) is 1. The largest absolute Gasteiger partial charge is 0.488 e. The van der Waals surface area contributed by atoms with Crippen molar-refractivity contribution in [3.05, 3.63) is 24.3 Å². The molecule has 2 rings (SSSR count). The molecular formula is C18H29ClN2O2. The van der Waals surface area contributed by atoms with Crippen molar-refractivity contribution in [2.45, 2.75) is 52.1 Å². The van der Waals surface area contributed by atoms with Crippen LogP contribution in [-0.4, -0.2) is 24.6 Å². The molecule has 0 radical (unpaired) electrons. The van der Waals surface area contributed by atoms with E-state index in [2.05, 4.69) is 10.6 Å². The van der Waals surface area contributed by atoms with Crippen molar-refractivity contribution in [2.75, 3.05) is 18.4 Å². The molecule has 1 aromatic rings. The molecule has 5 heteroatoms. The maximum absolute atomic E-state index is 12.0. The minimum Gasteiger partial charge on any atom is -0.488 e. The monoisotopic (exact) mass is 340 g/mol. The Morgan fingerprint density at radius 1 is 1.22 bits per heavy atom.